The molecule has 4 N–H and O–H groups in total. The molecule has 0 aliphatic heterocycles. The lowest BCUT2D eigenvalue weighted by molar-refractivity contribution is 0.0951. The summed E-state index contributed by atoms with van der Waals surface area (Å²) in [6.45, 7) is 0.637. The van der Waals surface area contributed by atoms with Gasteiger partial charge in [0, 0.05) is 18.2 Å². The fourth-order valence-corrected chi connectivity index (χ4v) is 2.39. The Morgan fingerprint density at radius 1 is 1.44 bits per heavy atom. The Balaban J connectivity index is 2.07. The van der Waals surface area contributed by atoms with E-state index in [0.29, 0.717) is 18.2 Å². The maximum Gasteiger partial charge on any atom is 0.267 e. The zero-order valence-corrected chi connectivity index (χ0v) is 10.3. The van der Waals surface area contributed by atoms with Gasteiger partial charge in [0.2, 0.25) is 0 Å². The summed E-state index contributed by atoms with van der Waals surface area (Å²) >= 11 is 0. The number of ether oxygens (including phenoxy) is 1. The molecule has 1 fully saturated rings. The Morgan fingerprint density at radius 2 is 2.22 bits per heavy atom. The molecule has 1 saturated carbocycles. The van der Waals surface area contributed by atoms with Gasteiger partial charge in [-0.1, -0.05) is 6.42 Å². The smallest absolute Gasteiger partial charge is 0.267 e. The van der Waals surface area contributed by atoms with Crippen LogP contribution in [0.5, 0.6) is 5.75 Å². The average molecular weight is 249 g/mol. The fourth-order valence-electron chi connectivity index (χ4n) is 2.39. The molecule has 2 atom stereocenters. The second-order valence-corrected chi connectivity index (χ2v) is 4.68. The Hall–Kier alpha value is -1.62. The van der Waals surface area contributed by atoms with Crippen molar-refractivity contribution in [2.24, 2.45) is 17.4 Å². The van der Waals surface area contributed by atoms with Crippen LogP contribution >= 0.6 is 0 Å². The molecule has 1 aliphatic rings. The Bertz CT molecular complexity index is 422. The predicted octanol–water partition coefficient (Wildman–Crippen LogP) is 1.08. The number of nitrogens with two attached hydrogens (primary N) is 2. The topological polar surface area (TPSA) is 91.2 Å². The standard InChI is InChI=1S/C13H19N3O2/c14-8-9-3-1-2-4-12(9)18-10-5-6-16-11(7-10)13(15)17/h5-7,9,12H,1-4,8,14H2,(H2,15,17). The molecule has 18 heavy (non-hydrogen) atoms. The number of carbonyl (C=O) groups is 1. The molecule has 1 aromatic rings. The molecular formula is C13H19N3O2. The van der Waals surface area contributed by atoms with Gasteiger partial charge in [0.05, 0.1) is 0 Å². The minimum absolute atomic E-state index is 0.131. The highest BCUT2D eigenvalue weighted by Crippen LogP contribution is 2.27. The van der Waals surface area contributed by atoms with Crippen molar-refractivity contribution in [1.82, 2.24) is 4.98 Å². The van der Waals surface area contributed by atoms with Crippen molar-refractivity contribution in [3.05, 3.63) is 24.0 Å². The summed E-state index contributed by atoms with van der Waals surface area (Å²) in [5.74, 6) is 0.493. The van der Waals surface area contributed by atoms with Crippen LogP contribution in [0, 0.1) is 5.92 Å². The van der Waals surface area contributed by atoms with E-state index in [4.69, 9.17) is 16.2 Å². The number of hydrogen-bond donors (Lipinski definition) is 2. The first-order valence-electron chi connectivity index (χ1n) is 6.33. The Morgan fingerprint density at radius 3 is 2.94 bits per heavy atom. The van der Waals surface area contributed by atoms with E-state index in [2.05, 4.69) is 4.98 Å². The molecule has 98 valence electrons. The zero-order valence-electron chi connectivity index (χ0n) is 10.3. The lowest BCUT2D eigenvalue weighted by Crippen LogP contribution is -2.35. The van der Waals surface area contributed by atoms with E-state index in [9.17, 15) is 4.79 Å². The van der Waals surface area contributed by atoms with Gasteiger partial charge in [0.25, 0.3) is 5.91 Å². The summed E-state index contributed by atoms with van der Waals surface area (Å²) in [6.07, 6.45) is 6.16. The largest absolute Gasteiger partial charge is 0.490 e. The van der Waals surface area contributed by atoms with E-state index < -0.39 is 5.91 Å². The number of hydrogen-bond acceptors (Lipinski definition) is 4. The van der Waals surface area contributed by atoms with Gasteiger partial charge in [-0.25, -0.2) is 0 Å². The number of amides is 1. The van der Waals surface area contributed by atoms with Gasteiger partial charge in [-0.05, 0) is 31.9 Å². The number of nitrogens with zero attached hydrogens (tertiary/aromatic N) is 1. The molecule has 2 unspecified atom stereocenters. The van der Waals surface area contributed by atoms with Gasteiger partial charge in [-0.15, -0.1) is 0 Å². The van der Waals surface area contributed by atoms with Crippen LogP contribution in [-0.4, -0.2) is 23.5 Å². The van der Waals surface area contributed by atoms with Gasteiger partial charge in [0.1, 0.15) is 17.5 Å². The third kappa shape index (κ3) is 2.98. The average Bonchev–Trinajstić information content (AvgIpc) is 2.39. The molecule has 0 saturated heterocycles. The number of rotatable bonds is 4. The van der Waals surface area contributed by atoms with Gasteiger partial charge >= 0.3 is 0 Å². The molecule has 2 rings (SSSR count). The van der Waals surface area contributed by atoms with Gasteiger partial charge in [-0.3, -0.25) is 9.78 Å². The Labute approximate surface area is 107 Å². The molecule has 0 aromatic carbocycles. The summed E-state index contributed by atoms with van der Waals surface area (Å²) in [5.41, 5.74) is 11.2. The van der Waals surface area contributed by atoms with Crippen molar-refractivity contribution in [3.8, 4) is 5.75 Å². The fraction of sp³-hybridized carbons (Fsp3) is 0.538. The zero-order chi connectivity index (χ0) is 13.0. The second kappa shape index (κ2) is 5.82. The van der Waals surface area contributed by atoms with Crippen molar-refractivity contribution in [3.63, 3.8) is 0 Å². The molecule has 0 spiro atoms. The Kier molecular flexibility index (Phi) is 4.15. The van der Waals surface area contributed by atoms with Crippen LogP contribution in [0.2, 0.25) is 0 Å². The van der Waals surface area contributed by atoms with E-state index in [1.807, 2.05) is 0 Å². The van der Waals surface area contributed by atoms with Crippen LogP contribution in [0.15, 0.2) is 18.3 Å². The van der Waals surface area contributed by atoms with Crippen LogP contribution in [0.1, 0.15) is 36.2 Å². The number of primary amides is 1. The molecule has 1 amide bonds. The molecule has 1 aliphatic carbocycles. The van der Waals surface area contributed by atoms with Crippen molar-refractivity contribution in [2.45, 2.75) is 31.8 Å². The number of carbonyl (C=O) groups excluding carboxylic acids is 1. The van der Waals surface area contributed by atoms with E-state index in [-0.39, 0.29) is 11.8 Å². The van der Waals surface area contributed by atoms with Gasteiger partial charge in [-0.2, -0.15) is 0 Å². The second-order valence-electron chi connectivity index (χ2n) is 4.68. The molecule has 1 heterocycles. The molecule has 0 bridgehead atoms. The van der Waals surface area contributed by atoms with Crippen LogP contribution in [-0.2, 0) is 0 Å². The van der Waals surface area contributed by atoms with Crippen molar-refractivity contribution >= 4 is 5.91 Å². The van der Waals surface area contributed by atoms with Crippen molar-refractivity contribution in [1.29, 1.82) is 0 Å². The lowest BCUT2D eigenvalue weighted by atomic mass is 9.86. The van der Waals surface area contributed by atoms with E-state index in [1.165, 1.54) is 12.6 Å². The molecular weight excluding hydrogens is 230 g/mol. The highest BCUT2D eigenvalue weighted by atomic mass is 16.5. The SMILES string of the molecule is NCC1CCCCC1Oc1ccnc(C(N)=O)c1. The van der Waals surface area contributed by atoms with E-state index in [1.54, 1.807) is 12.1 Å². The highest BCUT2D eigenvalue weighted by Gasteiger charge is 2.25. The summed E-state index contributed by atoms with van der Waals surface area (Å²) < 4.78 is 5.92. The summed E-state index contributed by atoms with van der Waals surface area (Å²) in [7, 11) is 0. The summed E-state index contributed by atoms with van der Waals surface area (Å²) in [5, 5.41) is 0. The molecule has 5 heteroatoms. The van der Waals surface area contributed by atoms with Crippen LogP contribution in [0.3, 0.4) is 0 Å². The van der Waals surface area contributed by atoms with Crippen LogP contribution in [0.25, 0.3) is 0 Å². The third-order valence-electron chi connectivity index (χ3n) is 3.41. The molecule has 1 aromatic heterocycles. The number of pyridine rings is 1. The third-order valence-corrected chi connectivity index (χ3v) is 3.41. The highest BCUT2D eigenvalue weighted by molar-refractivity contribution is 5.91. The maximum atomic E-state index is 11.1. The minimum atomic E-state index is -0.542. The summed E-state index contributed by atoms with van der Waals surface area (Å²) in [4.78, 5) is 14.9. The van der Waals surface area contributed by atoms with E-state index in [0.717, 1.165) is 19.3 Å². The number of aromatic nitrogens is 1. The van der Waals surface area contributed by atoms with Crippen LogP contribution < -0.4 is 16.2 Å². The molecule has 5 nitrogen and oxygen atoms in total. The van der Waals surface area contributed by atoms with Crippen molar-refractivity contribution < 1.29 is 9.53 Å². The van der Waals surface area contributed by atoms with Gasteiger partial charge in [0.15, 0.2) is 0 Å². The first-order chi connectivity index (χ1) is 8.70. The quantitative estimate of drug-likeness (QED) is 0.835. The van der Waals surface area contributed by atoms with Crippen LogP contribution in [0.4, 0.5) is 0 Å². The normalized spacial score (nSPS) is 23.6. The molecule has 0 radical (unpaired) electrons. The maximum absolute atomic E-state index is 11.1. The van der Waals surface area contributed by atoms with E-state index >= 15 is 0 Å². The minimum Gasteiger partial charge on any atom is -0.490 e. The predicted molar refractivity (Wildman–Crippen MR) is 68.2 cm³/mol. The van der Waals surface area contributed by atoms with Crippen molar-refractivity contribution in [2.75, 3.05) is 6.54 Å². The monoisotopic (exact) mass is 249 g/mol. The first-order valence-corrected chi connectivity index (χ1v) is 6.33. The van der Waals surface area contributed by atoms with Gasteiger partial charge < -0.3 is 16.2 Å². The lowest BCUT2D eigenvalue weighted by Gasteiger charge is -2.31. The summed E-state index contributed by atoms with van der Waals surface area (Å²) in [6, 6.07) is 3.33. The first kappa shape index (κ1) is 12.8.